The first-order valence-electron chi connectivity index (χ1n) is 8.48. The van der Waals surface area contributed by atoms with Crippen molar-refractivity contribution in [3.8, 4) is 5.69 Å². The molecule has 0 aliphatic rings. The van der Waals surface area contributed by atoms with E-state index in [2.05, 4.69) is 4.98 Å². The quantitative estimate of drug-likeness (QED) is 0.708. The summed E-state index contributed by atoms with van der Waals surface area (Å²) in [5.41, 5.74) is 3.61. The van der Waals surface area contributed by atoms with Gasteiger partial charge in [-0.2, -0.15) is 0 Å². The van der Waals surface area contributed by atoms with Crippen LogP contribution in [0.15, 0.2) is 42.5 Å². The topological polar surface area (TPSA) is 55.1 Å². The van der Waals surface area contributed by atoms with Crippen molar-refractivity contribution in [2.45, 2.75) is 39.0 Å². The minimum Gasteiger partial charge on any atom is -0.481 e. The van der Waals surface area contributed by atoms with Gasteiger partial charge in [-0.25, -0.2) is 9.37 Å². The number of carbonyl (C=O) groups is 1. The summed E-state index contributed by atoms with van der Waals surface area (Å²) in [6.07, 6.45) is 1.52. The molecule has 1 aromatic heterocycles. The van der Waals surface area contributed by atoms with E-state index in [1.807, 2.05) is 42.7 Å². The molecule has 25 heavy (non-hydrogen) atoms. The standard InChI is InChI=1S/C20H21FN2O2/c1-3-19-22-17-12-15(21)7-10-18(17)23(19)16-8-5-14(6-9-16)13(2)4-11-20(24)25/h5-10,12-13H,3-4,11H2,1-2H3,(H,24,25). The van der Waals surface area contributed by atoms with Crippen LogP contribution in [-0.4, -0.2) is 20.6 Å². The van der Waals surface area contributed by atoms with Crippen molar-refractivity contribution >= 4 is 17.0 Å². The Labute approximate surface area is 145 Å². The van der Waals surface area contributed by atoms with Crippen molar-refractivity contribution < 1.29 is 14.3 Å². The van der Waals surface area contributed by atoms with Gasteiger partial charge in [-0.1, -0.05) is 26.0 Å². The number of halogens is 1. The molecule has 1 N–H and O–H groups in total. The van der Waals surface area contributed by atoms with Gasteiger partial charge in [0.05, 0.1) is 11.0 Å². The fourth-order valence-electron chi connectivity index (χ4n) is 3.09. The number of carboxylic acid groups (broad SMARTS) is 1. The highest BCUT2D eigenvalue weighted by molar-refractivity contribution is 5.78. The molecule has 130 valence electrons. The second kappa shape index (κ2) is 7.05. The minimum atomic E-state index is -0.770. The average Bonchev–Trinajstić information content (AvgIpc) is 2.97. The summed E-state index contributed by atoms with van der Waals surface area (Å²) in [5, 5.41) is 8.82. The first-order valence-corrected chi connectivity index (χ1v) is 8.48. The lowest BCUT2D eigenvalue weighted by Gasteiger charge is -2.13. The molecule has 1 unspecified atom stereocenters. The van der Waals surface area contributed by atoms with Gasteiger partial charge in [0.2, 0.25) is 0 Å². The highest BCUT2D eigenvalue weighted by atomic mass is 19.1. The third kappa shape index (κ3) is 3.55. The summed E-state index contributed by atoms with van der Waals surface area (Å²) < 4.78 is 15.5. The molecule has 0 amide bonds. The summed E-state index contributed by atoms with van der Waals surface area (Å²) in [6.45, 7) is 4.06. The molecule has 0 saturated carbocycles. The Morgan fingerprint density at radius 1 is 1.24 bits per heavy atom. The summed E-state index contributed by atoms with van der Waals surface area (Å²) in [6, 6.07) is 12.7. The maximum atomic E-state index is 13.5. The van der Waals surface area contributed by atoms with Crippen LogP contribution in [0.5, 0.6) is 0 Å². The van der Waals surface area contributed by atoms with Gasteiger partial charge < -0.3 is 5.11 Å². The summed E-state index contributed by atoms with van der Waals surface area (Å²) >= 11 is 0. The molecule has 0 saturated heterocycles. The van der Waals surface area contributed by atoms with Gasteiger partial charge in [0, 0.05) is 24.6 Å². The number of nitrogens with zero attached hydrogens (tertiary/aromatic N) is 2. The van der Waals surface area contributed by atoms with Gasteiger partial charge in [-0.15, -0.1) is 0 Å². The number of hydrogen-bond acceptors (Lipinski definition) is 2. The van der Waals surface area contributed by atoms with E-state index in [-0.39, 0.29) is 18.2 Å². The zero-order chi connectivity index (χ0) is 18.0. The van der Waals surface area contributed by atoms with Gasteiger partial charge in [0.1, 0.15) is 11.6 Å². The molecular formula is C20H21FN2O2. The molecule has 1 heterocycles. The highest BCUT2D eigenvalue weighted by Gasteiger charge is 2.13. The number of imidazole rings is 1. The van der Waals surface area contributed by atoms with Gasteiger partial charge >= 0.3 is 5.97 Å². The Balaban J connectivity index is 1.94. The fourth-order valence-corrected chi connectivity index (χ4v) is 3.09. The molecule has 1 atom stereocenters. The maximum Gasteiger partial charge on any atom is 0.303 e. The first kappa shape index (κ1) is 17.1. The number of rotatable bonds is 6. The van der Waals surface area contributed by atoms with E-state index < -0.39 is 5.97 Å². The maximum absolute atomic E-state index is 13.5. The summed E-state index contributed by atoms with van der Waals surface area (Å²) in [7, 11) is 0. The zero-order valence-electron chi connectivity index (χ0n) is 14.4. The average molecular weight is 340 g/mol. The number of aryl methyl sites for hydroxylation is 1. The molecule has 5 heteroatoms. The van der Waals surface area contributed by atoms with Crippen LogP contribution in [0.1, 0.15) is 44.0 Å². The Hall–Kier alpha value is -2.69. The second-order valence-corrected chi connectivity index (χ2v) is 6.28. The summed E-state index contributed by atoms with van der Waals surface area (Å²) in [5.74, 6) is 0.00674. The number of aromatic nitrogens is 2. The normalized spacial score (nSPS) is 12.4. The Bertz CT molecular complexity index is 900. The summed E-state index contributed by atoms with van der Waals surface area (Å²) in [4.78, 5) is 15.3. The molecule has 4 nitrogen and oxygen atoms in total. The van der Waals surface area contributed by atoms with Crippen molar-refractivity contribution in [3.05, 3.63) is 59.7 Å². The van der Waals surface area contributed by atoms with Crippen molar-refractivity contribution in [3.63, 3.8) is 0 Å². The SMILES string of the molecule is CCc1nc2cc(F)ccc2n1-c1ccc(C(C)CCC(=O)O)cc1. The first-order chi connectivity index (χ1) is 12.0. The van der Waals surface area contributed by atoms with Crippen LogP contribution in [0, 0.1) is 5.82 Å². The predicted molar refractivity (Wildman–Crippen MR) is 95.7 cm³/mol. The van der Waals surface area contributed by atoms with Gasteiger partial charge in [0.25, 0.3) is 0 Å². The number of fused-ring (bicyclic) bond motifs is 1. The lowest BCUT2D eigenvalue weighted by atomic mass is 9.96. The molecule has 0 aliphatic carbocycles. The lowest BCUT2D eigenvalue weighted by molar-refractivity contribution is -0.137. The molecule has 0 spiro atoms. The molecular weight excluding hydrogens is 319 g/mol. The molecule has 3 aromatic rings. The monoisotopic (exact) mass is 340 g/mol. The van der Waals surface area contributed by atoms with Crippen LogP contribution in [-0.2, 0) is 11.2 Å². The van der Waals surface area contributed by atoms with Gasteiger partial charge in [-0.05, 0) is 42.2 Å². The number of carboxylic acids is 1. The Morgan fingerprint density at radius 3 is 2.60 bits per heavy atom. The number of hydrogen-bond donors (Lipinski definition) is 1. The van der Waals surface area contributed by atoms with Crippen LogP contribution < -0.4 is 0 Å². The van der Waals surface area contributed by atoms with E-state index in [9.17, 15) is 9.18 Å². The zero-order valence-corrected chi connectivity index (χ0v) is 14.4. The van der Waals surface area contributed by atoms with Crippen molar-refractivity contribution in [2.24, 2.45) is 0 Å². The van der Waals surface area contributed by atoms with Gasteiger partial charge in [-0.3, -0.25) is 9.36 Å². The third-order valence-corrected chi connectivity index (χ3v) is 4.51. The molecule has 0 radical (unpaired) electrons. The molecule has 2 aromatic carbocycles. The number of benzene rings is 2. The smallest absolute Gasteiger partial charge is 0.303 e. The number of aliphatic carboxylic acids is 1. The largest absolute Gasteiger partial charge is 0.481 e. The minimum absolute atomic E-state index is 0.167. The highest BCUT2D eigenvalue weighted by Crippen LogP contribution is 2.26. The Morgan fingerprint density at radius 2 is 1.96 bits per heavy atom. The van der Waals surface area contributed by atoms with E-state index in [0.29, 0.717) is 11.9 Å². The third-order valence-electron chi connectivity index (χ3n) is 4.51. The van der Waals surface area contributed by atoms with Crippen LogP contribution >= 0.6 is 0 Å². The Kier molecular flexibility index (Phi) is 4.83. The second-order valence-electron chi connectivity index (χ2n) is 6.28. The molecule has 0 bridgehead atoms. The lowest BCUT2D eigenvalue weighted by Crippen LogP contribution is -2.02. The van der Waals surface area contributed by atoms with Crippen LogP contribution in [0.25, 0.3) is 16.7 Å². The van der Waals surface area contributed by atoms with Gasteiger partial charge in [0.15, 0.2) is 0 Å². The van der Waals surface area contributed by atoms with Crippen LogP contribution in [0.2, 0.25) is 0 Å². The fraction of sp³-hybridized carbons (Fsp3) is 0.300. The van der Waals surface area contributed by atoms with Crippen LogP contribution in [0.4, 0.5) is 4.39 Å². The molecule has 0 fully saturated rings. The van der Waals surface area contributed by atoms with E-state index in [1.165, 1.54) is 12.1 Å². The van der Waals surface area contributed by atoms with Crippen molar-refractivity contribution in [1.29, 1.82) is 0 Å². The van der Waals surface area contributed by atoms with Crippen molar-refractivity contribution in [1.82, 2.24) is 9.55 Å². The molecule has 3 rings (SSSR count). The van der Waals surface area contributed by atoms with E-state index >= 15 is 0 Å². The van der Waals surface area contributed by atoms with E-state index in [1.54, 1.807) is 6.07 Å². The van der Waals surface area contributed by atoms with Crippen molar-refractivity contribution in [2.75, 3.05) is 0 Å². The van der Waals surface area contributed by atoms with E-state index in [4.69, 9.17) is 5.11 Å². The molecule has 0 aliphatic heterocycles. The van der Waals surface area contributed by atoms with E-state index in [0.717, 1.165) is 29.0 Å². The van der Waals surface area contributed by atoms with Crippen LogP contribution in [0.3, 0.4) is 0 Å². The predicted octanol–water partition coefficient (Wildman–Crippen LogP) is 4.70.